The van der Waals surface area contributed by atoms with Gasteiger partial charge in [0.2, 0.25) is 0 Å². The lowest BCUT2D eigenvalue weighted by molar-refractivity contribution is -0.171. The Labute approximate surface area is 130 Å². The summed E-state index contributed by atoms with van der Waals surface area (Å²) in [6, 6.07) is 9.68. The predicted octanol–water partition coefficient (Wildman–Crippen LogP) is 2.06. The van der Waals surface area contributed by atoms with Gasteiger partial charge in [-0.1, -0.05) is 37.3 Å². The molecule has 0 N–H and O–H groups in total. The standard InChI is InChI=1S/C16H22O6/c1-3-16(18)22-12-21-15(11-20-13(2)17)10-19-9-14-7-5-4-6-8-14/h4-8,15H,3,9-12H2,1-2H3. The summed E-state index contributed by atoms with van der Waals surface area (Å²) in [7, 11) is 0. The number of hydrogen-bond acceptors (Lipinski definition) is 6. The van der Waals surface area contributed by atoms with E-state index in [0.29, 0.717) is 6.61 Å². The lowest BCUT2D eigenvalue weighted by Gasteiger charge is -2.17. The number of hydrogen-bond donors (Lipinski definition) is 0. The number of rotatable bonds is 10. The molecule has 1 unspecified atom stereocenters. The summed E-state index contributed by atoms with van der Waals surface area (Å²) in [6.45, 7) is 3.53. The van der Waals surface area contributed by atoms with Crippen LogP contribution in [0.15, 0.2) is 30.3 Å². The van der Waals surface area contributed by atoms with E-state index in [2.05, 4.69) is 0 Å². The van der Waals surface area contributed by atoms with Crippen LogP contribution >= 0.6 is 0 Å². The van der Waals surface area contributed by atoms with E-state index in [-0.39, 0.29) is 32.4 Å². The molecule has 1 atom stereocenters. The molecule has 122 valence electrons. The average Bonchev–Trinajstić information content (AvgIpc) is 2.52. The van der Waals surface area contributed by atoms with Gasteiger partial charge in [0.25, 0.3) is 0 Å². The van der Waals surface area contributed by atoms with Crippen molar-refractivity contribution in [2.45, 2.75) is 33.0 Å². The molecule has 0 aliphatic heterocycles. The normalized spacial score (nSPS) is 11.7. The van der Waals surface area contributed by atoms with Gasteiger partial charge < -0.3 is 18.9 Å². The number of carbonyl (C=O) groups excluding carboxylic acids is 2. The summed E-state index contributed by atoms with van der Waals surface area (Å²) in [5.74, 6) is -0.751. The van der Waals surface area contributed by atoms with Gasteiger partial charge in [0.05, 0.1) is 13.2 Å². The number of ether oxygens (including phenoxy) is 4. The first-order chi connectivity index (χ1) is 10.6. The van der Waals surface area contributed by atoms with Crippen molar-refractivity contribution in [3.8, 4) is 0 Å². The maximum absolute atomic E-state index is 11.0. The molecule has 1 aromatic carbocycles. The van der Waals surface area contributed by atoms with Crippen LogP contribution in [0.1, 0.15) is 25.8 Å². The summed E-state index contributed by atoms with van der Waals surface area (Å²) in [4.78, 5) is 21.9. The first-order valence-electron chi connectivity index (χ1n) is 7.14. The van der Waals surface area contributed by atoms with Crippen molar-refractivity contribution >= 4 is 11.9 Å². The second-order valence-electron chi connectivity index (χ2n) is 4.58. The third-order valence-corrected chi connectivity index (χ3v) is 2.70. The van der Waals surface area contributed by atoms with Crippen LogP contribution in [0.3, 0.4) is 0 Å². The number of esters is 2. The van der Waals surface area contributed by atoms with Gasteiger partial charge in [-0.25, -0.2) is 0 Å². The Morgan fingerprint density at radius 3 is 2.45 bits per heavy atom. The molecule has 0 saturated heterocycles. The van der Waals surface area contributed by atoms with Crippen molar-refractivity contribution < 1.29 is 28.5 Å². The van der Waals surface area contributed by atoms with Crippen LogP contribution in [0, 0.1) is 0 Å². The van der Waals surface area contributed by atoms with Gasteiger partial charge in [0.15, 0.2) is 6.79 Å². The van der Waals surface area contributed by atoms with Crippen LogP contribution < -0.4 is 0 Å². The molecule has 6 nitrogen and oxygen atoms in total. The average molecular weight is 310 g/mol. The molecule has 0 bridgehead atoms. The Morgan fingerprint density at radius 2 is 1.82 bits per heavy atom. The van der Waals surface area contributed by atoms with E-state index in [0.717, 1.165) is 5.56 Å². The third-order valence-electron chi connectivity index (χ3n) is 2.70. The van der Waals surface area contributed by atoms with Gasteiger partial charge in [-0.15, -0.1) is 0 Å². The molecule has 0 radical (unpaired) electrons. The zero-order valence-corrected chi connectivity index (χ0v) is 12.9. The lowest BCUT2D eigenvalue weighted by atomic mass is 10.2. The third kappa shape index (κ3) is 8.39. The minimum atomic E-state index is -0.489. The molecule has 0 fully saturated rings. The fourth-order valence-corrected chi connectivity index (χ4v) is 1.54. The maximum atomic E-state index is 11.0. The van der Waals surface area contributed by atoms with Gasteiger partial charge in [-0.2, -0.15) is 0 Å². The first kappa shape index (κ1) is 18.1. The highest BCUT2D eigenvalue weighted by Crippen LogP contribution is 2.03. The van der Waals surface area contributed by atoms with Crippen LogP contribution in [0.25, 0.3) is 0 Å². The van der Waals surface area contributed by atoms with Gasteiger partial charge in [0.1, 0.15) is 12.7 Å². The highest BCUT2D eigenvalue weighted by Gasteiger charge is 2.13. The second-order valence-corrected chi connectivity index (χ2v) is 4.58. The topological polar surface area (TPSA) is 71.1 Å². The summed E-state index contributed by atoms with van der Waals surface area (Å²) in [5.41, 5.74) is 1.03. The van der Waals surface area contributed by atoms with E-state index in [1.165, 1.54) is 6.92 Å². The molecule has 0 aliphatic carbocycles. The fraction of sp³-hybridized carbons (Fsp3) is 0.500. The molecule has 0 amide bonds. The zero-order chi connectivity index (χ0) is 16.2. The quantitative estimate of drug-likeness (QED) is 0.486. The van der Waals surface area contributed by atoms with Crippen molar-refractivity contribution in [3.05, 3.63) is 35.9 Å². The Bertz CT molecular complexity index is 445. The Balaban J connectivity index is 2.33. The van der Waals surface area contributed by atoms with Crippen LogP contribution in [-0.4, -0.2) is 38.0 Å². The molecule has 0 heterocycles. The number of benzene rings is 1. The largest absolute Gasteiger partial charge is 0.463 e. The molecule has 1 aromatic rings. The zero-order valence-electron chi connectivity index (χ0n) is 12.9. The lowest BCUT2D eigenvalue weighted by Crippen LogP contribution is -2.28. The van der Waals surface area contributed by atoms with Gasteiger partial charge in [-0.05, 0) is 5.56 Å². The Morgan fingerprint density at radius 1 is 1.09 bits per heavy atom. The van der Waals surface area contributed by atoms with Gasteiger partial charge in [-0.3, -0.25) is 9.59 Å². The minimum Gasteiger partial charge on any atom is -0.463 e. The smallest absolute Gasteiger partial charge is 0.307 e. The molecule has 0 aromatic heterocycles. The summed E-state index contributed by atoms with van der Waals surface area (Å²) in [5, 5.41) is 0. The van der Waals surface area contributed by atoms with E-state index in [4.69, 9.17) is 18.9 Å². The molecule has 0 spiro atoms. The van der Waals surface area contributed by atoms with Gasteiger partial charge in [0, 0.05) is 13.3 Å². The highest BCUT2D eigenvalue weighted by atomic mass is 16.7. The van der Waals surface area contributed by atoms with Crippen molar-refractivity contribution in [1.29, 1.82) is 0 Å². The van der Waals surface area contributed by atoms with Crippen molar-refractivity contribution in [3.63, 3.8) is 0 Å². The molecule has 22 heavy (non-hydrogen) atoms. The second kappa shape index (κ2) is 10.8. The van der Waals surface area contributed by atoms with Crippen LogP contribution in [0.2, 0.25) is 0 Å². The molecular weight excluding hydrogens is 288 g/mol. The fourth-order valence-electron chi connectivity index (χ4n) is 1.54. The molecule has 0 saturated carbocycles. The van der Waals surface area contributed by atoms with E-state index in [9.17, 15) is 9.59 Å². The Kier molecular flexibility index (Phi) is 8.86. The van der Waals surface area contributed by atoms with E-state index in [1.54, 1.807) is 6.92 Å². The first-order valence-corrected chi connectivity index (χ1v) is 7.14. The van der Waals surface area contributed by atoms with Crippen molar-refractivity contribution in [2.24, 2.45) is 0 Å². The monoisotopic (exact) mass is 310 g/mol. The van der Waals surface area contributed by atoms with Crippen molar-refractivity contribution in [1.82, 2.24) is 0 Å². The van der Waals surface area contributed by atoms with E-state index >= 15 is 0 Å². The van der Waals surface area contributed by atoms with E-state index < -0.39 is 12.1 Å². The highest BCUT2D eigenvalue weighted by molar-refractivity contribution is 5.68. The molecule has 1 rings (SSSR count). The van der Waals surface area contributed by atoms with Crippen molar-refractivity contribution in [2.75, 3.05) is 20.0 Å². The maximum Gasteiger partial charge on any atom is 0.307 e. The summed E-state index contributed by atoms with van der Waals surface area (Å²) >= 11 is 0. The molecular formula is C16H22O6. The van der Waals surface area contributed by atoms with Crippen LogP contribution in [-0.2, 0) is 35.1 Å². The Hall–Kier alpha value is -1.92. The minimum absolute atomic E-state index is 0.0494. The molecule has 6 heteroatoms. The van der Waals surface area contributed by atoms with Crippen LogP contribution in [0.5, 0.6) is 0 Å². The van der Waals surface area contributed by atoms with Gasteiger partial charge >= 0.3 is 11.9 Å². The molecule has 0 aliphatic rings. The van der Waals surface area contributed by atoms with Crippen LogP contribution in [0.4, 0.5) is 0 Å². The summed E-state index contributed by atoms with van der Waals surface area (Å²) < 4.78 is 20.6. The summed E-state index contributed by atoms with van der Waals surface area (Å²) in [6.07, 6.45) is -0.208. The number of carbonyl (C=O) groups is 2. The predicted molar refractivity (Wildman–Crippen MR) is 78.9 cm³/mol. The SMILES string of the molecule is CCC(=O)OCOC(COCc1ccccc1)COC(C)=O. The van der Waals surface area contributed by atoms with E-state index in [1.807, 2.05) is 30.3 Å².